The molecule has 130 valence electrons. The van der Waals surface area contributed by atoms with Crippen LogP contribution in [0.5, 0.6) is 0 Å². The van der Waals surface area contributed by atoms with Crippen LogP contribution in [-0.2, 0) is 17.6 Å². The van der Waals surface area contributed by atoms with Gasteiger partial charge in [-0.05, 0) is 37.1 Å². The average molecular weight is 377 g/mol. The Morgan fingerprint density at radius 3 is 2.64 bits per heavy atom. The summed E-state index contributed by atoms with van der Waals surface area (Å²) >= 11 is 7.39. The SMILES string of the molecule is CCc1cc2c(=O)n(C(C)C(=O)O)c(Cc3ccc(Cl)cc3)nc2s1. The zero-order valence-electron chi connectivity index (χ0n) is 13.8. The number of nitrogens with zero attached hydrogens (tertiary/aromatic N) is 2. The van der Waals surface area contributed by atoms with Crippen molar-refractivity contribution in [1.29, 1.82) is 0 Å². The number of aliphatic carboxylic acids is 1. The number of carbonyl (C=O) groups is 1. The molecular weight excluding hydrogens is 360 g/mol. The molecule has 0 aliphatic rings. The van der Waals surface area contributed by atoms with E-state index in [1.807, 2.05) is 25.1 Å². The highest BCUT2D eigenvalue weighted by molar-refractivity contribution is 7.18. The lowest BCUT2D eigenvalue weighted by molar-refractivity contribution is -0.140. The number of aromatic nitrogens is 2. The minimum absolute atomic E-state index is 0.306. The van der Waals surface area contributed by atoms with Crippen molar-refractivity contribution in [3.63, 3.8) is 0 Å². The predicted molar refractivity (Wildman–Crippen MR) is 99.9 cm³/mol. The molecule has 1 N–H and O–H groups in total. The average Bonchev–Trinajstić information content (AvgIpc) is 3.00. The lowest BCUT2D eigenvalue weighted by Crippen LogP contribution is -2.31. The number of halogens is 1. The molecular formula is C18H17ClN2O3S. The van der Waals surface area contributed by atoms with Gasteiger partial charge >= 0.3 is 5.97 Å². The maximum absolute atomic E-state index is 12.9. The number of benzene rings is 1. The summed E-state index contributed by atoms with van der Waals surface area (Å²) in [5.74, 6) is -0.620. The molecule has 0 saturated carbocycles. The molecule has 0 aliphatic carbocycles. The smallest absolute Gasteiger partial charge is 0.326 e. The van der Waals surface area contributed by atoms with Crippen LogP contribution in [0.4, 0.5) is 0 Å². The first-order valence-electron chi connectivity index (χ1n) is 7.91. The van der Waals surface area contributed by atoms with Gasteiger partial charge in [-0.2, -0.15) is 0 Å². The molecule has 3 rings (SSSR count). The maximum atomic E-state index is 12.9. The third kappa shape index (κ3) is 3.45. The van der Waals surface area contributed by atoms with E-state index in [1.54, 1.807) is 12.1 Å². The molecule has 3 aromatic rings. The van der Waals surface area contributed by atoms with Crippen LogP contribution < -0.4 is 5.56 Å². The van der Waals surface area contributed by atoms with Gasteiger partial charge in [0, 0.05) is 16.3 Å². The molecule has 2 aromatic heterocycles. The van der Waals surface area contributed by atoms with Crippen molar-refractivity contribution in [2.24, 2.45) is 0 Å². The van der Waals surface area contributed by atoms with E-state index >= 15 is 0 Å². The van der Waals surface area contributed by atoms with Gasteiger partial charge in [-0.3, -0.25) is 9.36 Å². The summed E-state index contributed by atoms with van der Waals surface area (Å²) in [6.07, 6.45) is 1.17. The topological polar surface area (TPSA) is 72.2 Å². The van der Waals surface area contributed by atoms with Crippen molar-refractivity contribution < 1.29 is 9.90 Å². The van der Waals surface area contributed by atoms with Crippen LogP contribution in [0, 0.1) is 0 Å². The van der Waals surface area contributed by atoms with Gasteiger partial charge in [-0.1, -0.05) is 30.7 Å². The van der Waals surface area contributed by atoms with E-state index in [0.717, 1.165) is 16.9 Å². The normalized spacial score (nSPS) is 12.4. The molecule has 0 bridgehead atoms. The van der Waals surface area contributed by atoms with Gasteiger partial charge in [-0.15, -0.1) is 11.3 Å². The quantitative estimate of drug-likeness (QED) is 0.732. The second kappa shape index (κ2) is 6.98. The summed E-state index contributed by atoms with van der Waals surface area (Å²) in [5.41, 5.74) is 0.606. The van der Waals surface area contributed by atoms with Gasteiger partial charge in [-0.25, -0.2) is 9.78 Å². The van der Waals surface area contributed by atoms with Crippen molar-refractivity contribution in [3.05, 3.63) is 62.0 Å². The minimum Gasteiger partial charge on any atom is -0.480 e. The number of hydrogen-bond donors (Lipinski definition) is 1. The highest BCUT2D eigenvalue weighted by Gasteiger charge is 2.22. The van der Waals surface area contributed by atoms with E-state index in [4.69, 9.17) is 11.6 Å². The third-order valence-electron chi connectivity index (χ3n) is 4.09. The van der Waals surface area contributed by atoms with Crippen LogP contribution in [0.3, 0.4) is 0 Å². The van der Waals surface area contributed by atoms with Gasteiger partial charge in [0.1, 0.15) is 16.7 Å². The van der Waals surface area contributed by atoms with E-state index in [9.17, 15) is 14.7 Å². The molecule has 7 heteroatoms. The number of hydrogen-bond acceptors (Lipinski definition) is 4. The number of carboxylic acids is 1. The molecule has 1 unspecified atom stereocenters. The molecule has 25 heavy (non-hydrogen) atoms. The lowest BCUT2D eigenvalue weighted by atomic mass is 10.1. The van der Waals surface area contributed by atoms with Crippen molar-refractivity contribution in [1.82, 2.24) is 9.55 Å². The van der Waals surface area contributed by atoms with E-state index < -0.39 is 12.0 Å². The van der Waals surface area contributed by atoms with E-state index in [1.165, 1.54) is 22.8 Å². The molecule has 2 heterocycles. The highest BCUT2D eigenvalue weighted by Crippen LogP contribution is 2.24. The predicted octanol–water partition coefficient (Wildman–Crippen LogP) is 3.91. The standard InChI is InChI=1S/C18H17ClN2O3S/c1-3-13-9-14-16(25-13)20-15(8-11-4-6-12(19)7-5-11)21(17(14)22)10(2)18(23)24/h4-7,9-10H,3,8H2,1-2H3,(H,23,24). The number of aryl methyl sites for hydroxylation is 1. The van der Waals surface area contributed by atoms with Gasteiger partial charge in [0.25, 0.3) is 5.56 Å². The Morgan fingerprint density at radius 1 is 1.36 bits per heavy atom. The summed E-state index contributed by atoms with van der Waals surface area (Å²) in [5, 5.41) is 10.5. The van der Waals surface area contributed by atoms with Gasteiger partial charge < -0.3 is 5.11 Å². The maximum Gasteiger partial charge on any atom is 0.326 e. The van der Waals surface area contributed by atoms with E-state index in [2.05, 4.69) is 4.98 Å². The van der Waals surface area contributed by atoms with Crippen molar-refractivity contribution in [2.75, 3.05) is 0 Å². The molecule has 1 atom stereocenters. The zero-order valence-corrected chi connectivity index (χ0v) is 15.4. The highest BCUT2D eigenvalue weighted by atomic mass is 35.5. The van der Waals surface area contributed by atoms with Gasteiger partial charge in [0.15, 0.2) is 0 Å². The van der Waals surface area contributed by atoms with Crippen LogP contribution >= 0.6 is 22.9 Å². The first-order valence-corrected chi connectivity index (χ1v) is 9.11. The fraction of sp³-hybridized carbons (Fsp3) is 0.278. The van der Waals surface area contributed by atoms with Crippen LogP contribution in [0.2, 0.25) is 5.02 Å². The summed E-state index contributed by atoms with van der Waals surface area (Å²) in [4.78, 5) is 30.7. The van der Waals surface area contributed by atoms with E-state index in [-0.39, 0.29) is 5.56 Å². The summed E-state index contributed by atoms with van der Waals surface area (Å²) < 4.78 is 1.28. The summed E-state index contributed by atoms with van der Waals surface area (Å²) in [7, 11) is 0. The number of fused-ring (bicyclic) bond motifs is 1. The first-order chi connectivity index (χ1) is 11.9. The summed E-state index contributed by atoms with van der Waals surface area (Å²) in [6, 6.07) is 8.04. The monoisotopic (exact) mass is 376 g/mol. The molecule has 0 amide bonds. The largest absolute Gasteiger partial charge is 0.480 e. The zero-order chi connectivity index (χ0) is 18.1. The first kappa shape index (κ1) is 17.6. The summed E-state index contributed by atoms with van der Waals surface area (Å²) in [6.45, 7) is 3.51. The van der Waals surface area contributed by atoms with Crippen LogP contribution in [0.25, 0.3) is 10.2 Å². The lowest BCUT2D eigenvalue weighted by Gasteiger charge is -2.16. The Labute approximate surface area is 153 Å². The van der Waals surface area contributed by atoms with Gasteiger partial charge in [0.05, 0.1) is 5.39 Å². The van der Waals surface area contributed by atoms with Crippen LogP contribution in [0.1, 0.15) is 36.2 Å². The molecule has 0 spiro atoms. The van der Waals surface area contributed by atoms with Crippen molar-refractivity contribution >= 4 is 39.1 Å². The Kier molecular flexibility index (Phi) is 4.92. The minimum atomic E-state index is -1.06. The molecule has 1 aromatic carbocycles. The Hall–Kier alpha value is -2.18. The molecule has 0 aliphatic heterocycles. The van der Waals surface area contributed by atoms with Crippen molar-refractivity contribution in [2.45, 2.75) is 32.7 Å². The third-order valence-corrected chi connectivity index (χ3v) is 5.52. The second-order valence-corrected chi connectivity index (χ2v) is 7.36. The Morgan fingerprint density at radius 2 is 2.04 bits per heavy atom. The number of carboxylic acid groups (broad SMARTS) is 1. The number of rotatable bonds is 5. The molecule has 5 nitrogen and oxygen atoms in total. The second-order valence-electron chi connectivity index (χ2n) is 5.81. The van der Waals surface area contributed by atoms with Crippen LogP contribution in [0.15, 0.2) is 35.1 Å². The fourth-order valence-corrected chi connectivity index (χ4v) is 3.78. The molecule has 0 fully saturated rings. The fourth-order valence-electron chi connectivity index (χ4n) is 2.68. The number of thiophene rings is 1. The Balaban J connectivity index is 2.19. The van der Waals surface area contributed by atoms with Crippen LogP contribution in [-0.4, -0.2) is 20.6 Å². The van der Waals surface area contributed by atoms with Crippen molar-refractivity contribution in [3.8, 4) is 0 Å². The molecule has 0 saturated heterocycles. The van der Waals surface area contributed by atoms with E-state index in [0.29, 0.717) is 27.5 Å². The molecule has 0 radical (unpaired) electrons. The van der Waals surface area contributed by atoms with Gasteiger partial charge in [0.2, 0.25) is 0 Å². The Bertz CT molecular complexity index is 992.